The van der Waals surface area contributed by atoms with E-state index in [2.05, 4.69) is 9.55 Å². The van der Waals surface area contributed by atoms with Gasteiger partial charge in [0.25, 0.3) is 0 Å². The summed E-state index contributed by atoms with van der Waals surface area (Å²) in [4.78, 5) is 26.9. The SMILES string of the molecule is COCC(=O)N1Cc2cccn2CC(OCc2ccncc2)C1.O=C(O)C(F)(F)F. The molecular formula is C19H22F3N3O5. The lowest BCUT2D eigenvalue weighted by Crippen LogP contribution is -2.39. The monoisotopic (exact) mass is 429 g/mol. The number of nitrogens with zero attached hydrogens (tertiary/aromatic N) is 3. The third-order valence-electron chi connectivity index (χ3n) is 4.20. The molecule has 1 atom stereocenters. The van der Waals surface area contributed by atoms with Gasteiger partial charge in [-0.15, -0.1) is 0 Å². The molecule has 2 aromatic rings. The second-order valence-corrected chi connectivity index (χ2v) is 6.45. The average Bonchev–Trinajstić information content (AvgIpc) is 3.05. The molecule has 1 aliphatic heterocycles. The molecule has 0 bridgehead atoms. The third kappa shape index (κ3) is 7.16. The summed E-state index contributed by atoms with van der Waals surface area (Å²) in [5, 5.41) is 7.12. The Morgan fingerprint density at radius 2 is 1.90 bits per heavy atom. The molecule has 0 aliphatic carbocycles. The van der Waals surface area contributed by atoms with Crippen molar-refractivity contribution in [3.8, 4) is 0 Å². The molecule has 0 saturated carbocycles. The van der Waals surface area contributed by atoms with Crippen LogP contribution in [0.15, 0.2) is 42.9 Å². The van der Waals surface area contributed by atoms with E-state index < -0.39 is 12.1 Å². The maximum atomic E-state index is 12.2. The summed E-state index contributed by atoms with van der Waals surface area (Å²) in [6.07, 6.45) is 0.398. The van der Waals surface area contributed by atoms with Crippen LogP contribution in [-0.4, -0.2) is 64.0 Å². The Labute approximate surface area is 170 Å². The molecule has 0 radical (unpaired) electrons. The third-order valence-corrected chi connectivity index (χ3v) is 4.20. The van der Waals surface area contributed by atoms with Crippen LogP contribution in [0.5, 0.6) is 0 Å². The molecule has 164 valence electrons. The van der Waals surface area contributed by atoms with Gasteiger partial charge >= 0.3 is 12.1 Å². The van der Waals surface area contributed by atoms with Crippen LogP contribution in [0.2, 0.25) is 0 Å². The average molecular weight is 429 g/mol. The van der Waals surface area contributed by atoms with E-state index in [0.717, 1.165) is 17.8 Å². The summed E-state index contributed by atoms with van der Waals surface area (Å²) in [6.45, 7) is 2.50. The van der Waals surface area contributed by atoms with Crippen LogP contribution in [0.1, 0.15) is 11.3 Å². The highest BCUT2D eigenvalue weighted by molar-refractivity contribution is 5.77. The summed E-state index contributed by atoms with van der Waals surface area (Å²) < 4.78 is 44.9. The second kappa shape index (κ2) is 10.7. The standard InChI is InChI=1S/C17H21N3O3.C2HF3O2/c1-22-13-17(21)20-9-15-3-2-8-19(15)10-16(11-20)23-12-14-4-6-18-7-5-14;3-2(4,5)1(6)7/h2-8,16H,9-13H2,1H3;(H,6,7). The number of hydrogen-bond acceptors (Lipinski definition) is 5. The molecule has 0 fully saturated rings. The first kappa shape index (κ1) is 23.4. The van der Waals surface area contributed by atoms with Gasteiger partial charge in [0.05, 0.1) is 25.8 Å². The van der Waals surface area contributed by atoms with Gasteiger partial charge in [0, 0.05) is 37.9 Å². The predicted octanol–water partition coefficient (Wildman–Crippen LogP) is 2.09. The van der Waals surface area contributed by atoms with Crippen molar-refractivity contribution in [1.29, 1.82) is 0 Å². The topological polar surface area (TPSA) is 93.9 Å². The van der Waals surface area contributed by atoms with Gasteiger partial charge < -0.3 is 24.0 Å². The maximum Gasteiger partial charge on any atom is 0.490 e. The first-order chi connectivity index (χ1) is 14.2. The molecule has 11 heteroatoms. The van der Waals surface area contributed by atoms with Gasteiger partial charge in [-0.1, -0.05) is 0 Å². The van der Waals surface area contributed by atoms with E-state index in [1.807, 2.05) is 30.5 Å². The van der Waals surface area contributed by atoms with Crippen molar-refractivity contribution in [1.82, 2.24) is 14.5 Å². The summed E-state index contributed by atoms with van der Waals surface area (Å²) >= 11 is 0. The number of halogens is 3. The molecule has 1 unspecified atom stereocenters. The number of rotatable bonds is 5. The molecule has 8 nitrogen and oxygen atoms in total. The van der Waals surface area contributed by atoms with Crippen LogP contribution in [0, 0.1) is 0 Å². The van der Waals surface area contributed by atoms with Crippen molar-refractivity contribution in [2.24, 2.45) is 0 Å². The second-order valence-electron chi connectivity index (χ2n) is 6.45. The Morgan fingerprint density at radius 1 is 1.23 bits per heavy atom. The minimum atomic E-state index is -5.08. The van der Waals surface area contributed by atoms with Crippen molar-refractivity contribution in [3.63, 3.8) is 0 Å². The van der Waals surface area contributed by atoms with Gasteiger partial charge in [-0.2, -0.15) is 13.2 Å². The molecule has 30 heavy (non-hydrogen) atoms. The van der Waals surface area contributed by atoms with E-state index in [4.69, 9.17) is 19.4 Å². The van der Waals surface area contributed by atoms with E-state index in [9.17, 15) is 18.0 Å². The van der Waals surface area contributed by atoms with Crippen LogP contribution >= 0.6 is 0 Å². The number of pyridine rings is 1. The summed E-state index contributed by atoms with van der Waals surface area (Å²) in [6, 6.07) is 7.91. The van der Waals surface area contributed by atoms with Crippen LogP contribution in [0.25, 0.3) is 0 Å². The Kier molecular flexibility index (Phi) is 8.36. The highest BCUT2D eigenvalue weighted by Gasteiger charge is 2.38. The number of amides is 1. The number of carboxylic acid groups (broad SMARTS) is 1. The molecule has 3 heterocycles. The van der Waals surface area contributed by atoms with E-state index in [0.29, 0.717) is 19.7 Å². The zero-order chi connectivity index (χ0) is 22.1. The Morgan fingerprint density at radius 3 is 2.50 bits per heavy atom. The number of aliphatic carboxylic acids is 1. The van der Waals surface area contributed by atoms with Crippen molar-refractivity contribution < 1.29 is 37.3 Å². The molecule has 1 amide bonds. The number of hydrogen-bond donors (Lipinski definition) is 1. The zero-order valence-electron chi connectivity index (χ0n) is 16.2. The molecule has 3 rings (SSSR count). The molecule has 0 saturated heterocycles. The van der Waals surface area contributed by atoms with E-state index in [1.54, 1.807) is 17.3 Å². The summed E-state index contributed by atoms with van der Waals surface area (Å²) in [5.41, 5.74) is 2.19. The highest BCUT2D eigenvalue weighted by Crippen LogP contribution is 2.17. The number of ether oxygens (including phenoxy) is 2. The van der Waals surface area contributed by atoms with E-state index in [1.165, 1.54) is 7.11 Å². The molecule has 1 aliphatic rings. The molecule has 0 aromatic carbocycles. The van der Waals surface area contributed by atoms with Crippen molar-refractivity contribution in [2.45, 2.75) is 32.0 Å². The maximum absolute atomic E-state index is 12.2. The number of carboxylic acids is 1. The van der Waals surface area contributed by atoms with Gasteiger partial charge in [0.2, 0.25) is 5.91 Å². The molecular weight excluding hydrogens is 407 g/mol. The first-order valence-corrected chi connectivity index (χ1v) is 8.92. The number of carbonyl (C=O) groups is 2. The number of alkyl halides is 3. The van der Waals surface area contributed by atoms with Gasteiger partial charge in [0.15, 0.2) is 0 Å². The Balaban J connectivity index is 0.000000396. The fourth-order valence-electron chi connectivity index (χ4n) is 2.76. The fourth-order valence-corrected chi connectivity index (χ4v) is 2.76. The molecule has 2 aromatic heterocycles. The van der Waals surface area contributed by atoms with Gasteiger partial charge in [-0.3, -0.25) is 9.78 Å². The smallest absolute Gasteiger partial charge is 0.475 e. The van der Waals surface area contributed by atoms with Crippen molar-refractivity contribution in [3.05, 3.63) is 54.1 Å². The summed E-state index contributed by atoms with van der Waals surface area (Å²) in [7, 11) is 1.54. The molecule has 1 N–H and O–H groups in total. The van der Waals surface area contributed by atoms with Gasteiger partial charge in [-0.05, 0) is 29.8 Å². The van der Waals surface area contributed by atoms with Crippen molar-refractivity contribution in [2.75, 3.05) is 20.3 Å². The predicted molar refractivity (Wildman–Crippen MR) is 98.2 cm³/mol. The fraction of sp³-hybridized carbons (Fsp3) is 0.421. The quantitative estimate of drug-likeness (QED) is 0.782. The van der Waals surface area contributed by atoms with Crippen LogP contribution in [0.4, 0.5) is 13.2 Å². The van der Waals surface area contributed by atoms with E-state index >= 15 is 0 Å². The largest absolute Gasteiger partial charge is 0.490 e. The number of fused-ring (bicyclic) bond motifs is 1. The lowest BCUT2D eigenvalue weighted by atomic mass is 10.2. The van der Waals surface area contributed by atoms with Gasteiger partial charge in [-0.25, -0.2) is 4.79 Å². The zero-order valence-corrected chi connectivity index (χ0v) is 16.2. The highest BCUT2D eigenvalue weighted by atomic mass is 19.4. The van der Waals surface area contributed by atoms with Crippen LogP contribution in [0.3, 0.4) is 0 Å². The van der Waals surface area contributed by atoms with E-state index in [-0.39, 0.29) is 18.6 Å². The number of carbonyl (C=O) groups excluding carboxylic acids is 1. The summed E-state index contributed by atoms with van der Waals surface area (Å²) in [5.74, 6) is -2.77. The minimum Gasteiger partial charge on any atom is -0.475 e. The van der Waals surface area contributed by atoms with Crippen LogP contribution in [-0.2, 0) is 38.8 Å². The number of methoxy groups -OCH3 is 1. The number of aromatic nitrogens is 2. The lowest BCUT2D eigenvalue weighted by molar-refractivity contribution is -0.192. The minimum absolute atomic E-state index is 0.0142. The normalized spacial score (nSPS) is 16.1. The van der Waals surface area contributed by atoms with Crippen molar-refractivity contribution >= 4 is 11.9 Å². The first-order valence-electron chi connectivity index (χ1n) is 8.92. The molecule has 0 spiro atoms. The Hall–Kier alpha value is -2.92. The Bertz CT molecular complexity index is 826. The van der Waals surface area contributed by atoms with Crippen LogP contribution < -0.4 is 0 Å². The van der Waals surface area contributed by atoms with Gasteiger partial charge in [0.1, 0.15) is 6.61 Å². The lowest BCUT2D eigenvalue weighted by Gasteiger charge is -2.24.